The van der Waals surface area contributed by atoms with Crippen LogP contribution in [0.2, 0.25) is 0 Å². The number of aromatic nitrogens is 1. The van der Waals surface area contributed by atoms with Gasteiger partial charge in [0.15, 0.2) is 0 Å². The molecule has 1 aliphatic heterocycles. The SMILES string of the molecule is O=C(O)C[C@H]1CCn2c1cc1cc(OCc3ccc(OC4CCCC4)c(C(F)(F)F)c3)ccc12. The largest absolute Gasteiger partial charge is 0.490 e. The fraction of sp³-hybridized carbons (Fsp3) is 0.423. The Labute approximate surface area is 195 Å². The van der Waals surface area contributed by atoms with Crippen LogP contribution < -0.4 is 9.47 Å². The lowest BCUT2D eigenvalue weighted by Gasteiger charge is -2.19. The molecule has 8 heteroatoms. The maximum Gasteiger partial charge on any atom is 0.419 e. The number of aryl methyl sites for hydroxylation is 1. The number of halogens is 3. The number of aliphatic carboxylic acids is 1. The highest BCUT2D eigenvalue weighted by molar-refractivity contribution is 5.83. The third-order valence-corrected chi connectivity index (χ3v) is 6.80. The number of hydrogen-bond acceptors (Lipinski definition) is 3. The van der Waals surface area contributed by atoms with Gasteiger partial charge in [-0.1, -0.05) is 6.07 Å². The smallest absolute Gasteiger partial charge is 0.419 e. The van der Waals surface area contributed by atoms with Crippen LogP contribution in [0.1, 0.15) is 61.3 Å². The molecular weight excluding hydrogens is 447 g/mol. The van der Waals surface area contributed by atoms with Gasteiger partial charge in [-0.05, 0) is 74.1 Å². The van der Waals surface area contributed by atoms with E-state index < -0.39 is 17.7 Å². The molecule has 3 aromatic rings. The van der Waals surface area contributed by atoms with E-state index in [-0.39, 0.29) is 30.8 Å². The summed E-state index contributed by atoms with van der Waals surface area (Å²) in [5.41, 5.74) is 1.64. The van der Waals surface area contributed by atoms with Crippen molar-refractivity contribution in [3.8, 4) is 11.5 Å². The second-order valence-electron chi connectivity index (χ2n) is 9.17. The minimum atomic E-state index is -4.51. The second kappa shape index (κ2) is 8.89. The quantitative estimate of drug-likeness (QED) is 0.424. The van der Waals surface area contributed by atoms with Gasteiger partial charge in [-0.25, -0.2) is 0 Å². The lowest BCUT2D eigenvalue weighted by molar-refractivity contribution is -0.139. The predicted octanol–water partition coefficient (Wildman–Crippen LogP) is 6.52. The summed E-state index contributed by atoms with van der Waals surface area (Å²) in [6.45, 7) is 0.764. The van der Waals surface area contributed by atoms with Gasteiger partial charge in [-0.2, -0.15) is 13.2 Å². The Morgan fingerprint density at radius 3 is 2.59 bits per heavy atom. The van der Waals surface area contributed by atoms with E-state index in [0.717, 1.165) is 61.3 Å². The second-order valence-corrected chi connectivity index (χ2v) is 9.17. The first-order valence-electron chi connectivity index (χ1n) is 11.6. The molecule has 1 atom stereocenters. The van der Waals surface area contributed by atoms with E-state index in [2.05, 4.69) is 4.57 Å². The van der Waals surface area contributed by atoms with Crippen molar-refractivity contribution in [2.45, 2.75) is 69.9 Å². The summed E-state index contributed by atoms with van der Waals surface area (Å²) in [5, 5.41) is 10.1. The third kappa shape index (κ3) is 4.58. The van der Waals surface area contributed by atoms with Gasteiger partial charge in [0.25, 0.3) is 0 Å². The van der Waals surface area contributed by atoms with Gasteiger partial charge in [-0.15, -0.1) is 0 Å². The molecule has 5 rings (SSSR count). The zero-order valence-corrected chi connectivity index (χ0v) is 18.6. The Kier molecular flexibility index (Phi) is 5.91. The normalized spacial score (nSPS) is 18.4. The molecule has 5 nitrogen and oxygen atoms in total. The summed E-state index contributed by atoms with van der Waals surface area (Å²) in [6.07, 6.45) is -0.243. The summed E-state index contributed by atoms with van der Waals surface area (Å²) in [7, 11) is 0. The molecule has 0 unspecified atom stereocenters. The number of fused-ring (bicyclic) bond motifs is 3. The zero-order chi connectivity index (χ0) is 23.9. The minimum Gasteiger partial charge on any atom is -0.490 e. The Bertz CT molecular complexity index is 1210. The first-order chi connectivity index (χ1) is 16.3. The van der Waals surface area contributed by atoms with Crippen LogP contribution in [0.3, 0.4) is 0 Å². The van der Waals surface area contributed by atoms with Gasteiger partial charge in [0, 0.05) is 29.1 Å². The molecule has 0 bridgehead atoms. The summed E-state index contributed by atoms with van der Waals surface area (Å²) >= 11 is 0. The molecule has 1 fully saturated rings. The summed E-state index contributed by atoms with van der Waals surface area (Å²) in [4.78, 5) is 11.1. The Hall–Kier alpha value is -3.16. The number of hydrogen-bond donors (Lipinski definition) is 1. The Balaban J connectivity index is 1.32. The molecule has 1 N–H and O–H groups in total. The van der Waals surface area contributed by atoms with Gasteiger partial charge in [-0.3, -0.25) is 4.79 Å². The van der Waals surface area contributed by atoms with E-state index in [0.29, 0.717) is 11.3 Å². The number of carboxylic acid groups (broad SMARTS) is 1. The Morgan fingerprint density at radius 1 is 1.06 bits per heavy atom. The van der Waals surface area contributed by atoms with Crippen molar-refractivity contribution in [3.63, 3.8) is 0 Å². The summed E-state index contributed by atoms with van der Waals surface area (Å²) < 4.78 is 54.6. The fourth-order valence-corrected chi connectivity index (χ4v) is 5.14. The zero-order valence-electron chi connectivity index (χ0n) is 18.6. The van der Waals surface area contributed by atoms with Crippen molar-refractivity contribution in [1.29, 1.82) is 0 Å². The number of rotatable bonds is 7. The average molecular weight is 473 g/mol. The van der Waals surface area contributed by atoms with E-state index in [1.165, 1.54) is 6.07 Å². The first-order valence-corrected chi connectivity index (χ1v) is 11.6. The molecule has 1 aromatic heterocycles. The lowest BCUT2D eigenvalue weighted by atomic mass is 10.0. The molecule has 0 saturated heterocycles. The molecule has 0 spiro atoms. The van der Waals surface area contributed by atoms with Crippen molar-refractivity contribution in [3.05, 3.63) is 59.3 Å². The maximum absolute atomic E-state index is 13.7. The van der Waals surface area contributed by atoms with Crippen LogP contribution >= 0.6 is 0 Å². The average Bonchev–Trinajstić information content (AvgIpc) is 3.50. The van der Waals surface area contributed by atoms with Crippen LogP contribution in [0, 0.1) is 0 Å². The third-order valence-electron chi connectivity index (χ3n) is 6.80. The van der Waals surface area contributed by atoms with Crippen molar-refractivity contribution in [2.75, 3.05) is 0 Å². The highest BCUT2D eigenvalue weighted by Gasteiger charge is 2.35. The highest BCUT2D eigenvalue weighted by atomic mass is 19.4. The Morgan fingerprint density at radius 2 is 1.85 bits per heavy atom. The van der Waals surface area contributed by atoms with Crippen molar-refractivity contribution in [2.24, 2.45) is 0 Å². The molecule has 1 aliphatic carbocycles. The minimum absolute atomic E-state index is 0.00645. The van der Waals surface area contributed by atoms with Crippen LogP contribution in [-0.4, -0.2) is 21.7 Å². The van der Waals surface area contributed by atoms with E-state index in [4.69, 9.17) is 14.6 Å². The van der Waals surface area contributed by atoms with E-state index in [9.17, 15) is 18.0 Å². The first kappa shape index (κ1) is 22.6. The molecule has 2 heterocycles. The van der Waals surface area contributed by atoms with E-state index in [1.807, 2.05) is 18.2 Å². The van der Waals surface area contributed by atoms with E-state index >= 15 is 0 Å². The van der Waals surface area contributed by atoms with Crippen LogP contribution in [0.15, 0.2) is 42.5 Å². The van der Waals surface area contributed by atoms with Gasteiger partial charge in [0.05, 0.1) is 18.1 Å². The van der Waals surface area contributed by atoms with Crippen LogP contribution in [0.4, 0.5) is 13.2 Å². The van der Waals surface area contributed by atoms with Crippen molar-refractivity contribution < 1.29 is 32.5 Å². The molecule has 0 amide bonds. The van der Waals surface area contributed by atoms with Gasteiger partial charge in [0.2, 0.25) is 0 Å². The summed E-state index contributed by atoms with van der Waals surface area (Å²) in [6, 6.07) is 11.7. The fourth-order valence-electron chi connectivity index (χ4n) is 5.14. The predicted molar refractivity (Wildman–Crippen MR) is 120 cm³/mol. The number of nitrogens with zero attached hydrogens (tertiary/aromatic N) is 1. The number of alkyl halides is 3. The van der Waals surface area contributed by atoms with Crippen LogP contribution in [0.5, 0.6) is 11.5 Å². The number of carboxylic acids is 1. The highest BCUT2D eigenvalue weighted by Crippen LogP contribution is 2.39. The monoisotopic (exact) mass is 473 g/mol. The van der Waals surface area contributed by atoms with E-state index in [1.54, 1.807) is 12.1 Å². The van der Waals surface area contributed by atoms with Gasteiger partial charge >= 0.3 is 12.1 Å². The topological polar surface area (TPSA) is 60.7 Å². The van der Waals surface area contributed by atoms with Crippen LogP contribution in [-0.2, 0) is 24.1 Å². The van der Waals surface area contributed by atoms with Crippen molar-refractivity contribution >= 4 is 16.9 Å². The molecule has 180 valence electrons. The maximum atomic E-state index is 13.7. The van der Waals surface area contributed by atoms with Gasteiger partial charge < -0.3 is 19.1 Å². The molecule has 2 aliphatic rings. The lowest BCUT2D eigenvalue weighted by Crippen LogP contribution is -2.16. The van der Waals surface area contributed by atoms with Crippen molar-refractivity contribution in [1.82, 2.24) is 4.57 Å². The number of carbonyl (C=O) groups is 1. The van der Waals surface area contributed by atoms with Crippen LogP contribution in [0.25, 0.3) is 10.9 Å². The standard InChI is InChI=1S/C26H26F3NO4/c27-26(28,29)21-11-16(5-8-24(21)34-19-3-1-2-4-19)15-33-20-6-7-22-18(12-20)13-23-17(14-25(31)32)9-10-30(22)23/h5-8,11-13,17,19H,1-4,9-10,14-15H2,(H,31,32)/t17-/m1/s1. The molecule has 1 saturated carbocycles. The molecule has 0 radical (unpaired) electrons. The van der Waals surface area contributed by atoms with Gasteiger partial charge in [0.1, 0.15) is 18.1 Å². The molecule has 34 heavy (non-hydrogen) atoms. The summed E-state index contributed by atoms with van der Waals surface area (Å²) in [5.74, 6) is -0.402. The number of ether oxygens (including phenoxy) is 2. The molecular formula is C26H26F3NO4. The molecule has 2 aromatic carbocycles. The number of benzene rings is 2.